The summed E-state index contributed by atoms with van der Waals surface area (Å²) in [6.45, 7) is 7.02. The van der Waals surface area contributed by atoms with Gasteiger partial charge in [0.15, 0.2) is 0 Å². The standard InChI is InChI=1S/C25H32N2O4/c1-17-21(5-4-6-22(17)23(26)28)18-7-9-20(10-8-18)31-16-15-27(24(29)30)19-11-13-25(2,3)14-12-19/h4-10,19H,11-16H2,1-3H3,(H2,26,28)(H,29,30). The quantitative estimate of drug-likeness (QED) is 0.647. The summed E-state index contributed by atoms with van der Waals surface area (Å²) in [5.41, 5.74) is 9.01. The Kier molecular flexibility index (Phi) is 6.88. The lowest BCUT2D eigenvalue weighted by atomic mass is 9.75. The molecular formula is C25H32N2O4. The van der Waals surface area contributed by atoms with Gasteiger partial charge in [0.05, 0.1) is 6.54 Å². The molecule has 0 heterocycles. The second kappa shape index (κ2) is 9.41. The molecule has 31 heavy (non-hydrogen) atoms. The first kappa shape index (κ1) is 22.7. The number of hydrogen-bond donors (Lipinski definition) is 2. The Balaban J connectivity index is 1.60. The van der Waals surface area contributed by atoms with Crippen LogP contribution in [-0.4, -0.2) is 41.2 Å². The van der Waals surface area contributed by atoms with Gasteiger partial charge in [-0.2, -0.15) is 0 Å². The number of ether oxygens (including phenoxy) is 1. The summed E-state index contributed by atoms with van der Waals surface area (Å²) in [4.78, 5) is 24.9. The largest absolute Gasteiger partial charge is 0.492 e. The zero-order chi connectivity index (χ0) is 22.6. The average Bonchev–Trinajstić information content (AvgIpc) is 2.72. The smallest absolute Gasteiger partial charge is 0.407 e. The minimum Gasteiger partial charge on any atom is -0.492 e. The number of carbonyl (C=O) groups is 2. The highest BCUT2D eigenvalue weighted by molar-refractivity contribution is 5.96. The second-order valence-electron chi connectivity index (χ2n) is 9.09. The van der Waals surface area contributed by atoms with Crippen molar-refractivity contribution < 1.29 is 19.4 Å². The first-order valence-corrected chi connectivity index (χ1v) is 10.8. The van der Waals surface area contributed by atoms with Crippen LogP contribution in [0, 0.1) is 12.3 Å². The topological polar surface area (TPSA) is 92.9 Å². The third-order valence-corrected chi connectivity index (χ3v) is 6.36. The average molecular weight is 425 g/mol. The molecule has 2 aromatic rings. The van der Waals surface area contributed by atoms with Gasteiger partial charge in [-0.25, -0.2) is 4.79 Å². The van der Waals surface area contributed by atoms with Gasteiger partial charge in [-0.15, -0.1) is 0 Å². The molecule has 0 unspecified atom stereocenters. The number of nitrogens with two attached hydrogens (primary N) is 1. The molecule has 3 rings (SSSR count). The number of benzene rings is 2. The molecule has 6 heteroatoms. The van der Waals surface area contributed by atoms with Crippen LogP contribution in [0.3, 0.4) is 0 Å². The van der Waals surface area contributed by atoms with Crippen molar-refractivity contribution >= 4 is 12.0 Å². The molecule has 0 aromatic heterocycles. The van der Waals surface area contributed by atoms with Crippen LogP contribution in [0.15, 0.2) is 42.5 Å². The normalized spacial score (nSPS) is 16.0. The Morgan fingerprint density at radius 2 is 1.77 bits per heavy atom. The first-order valence-electron chi connectivity index (χ1n) is 10.8. The van der Waals surface area contributed by atoms with Gasteiger partial charge in [0, 0.05) is 11.6 Å². The molecule has 3 N–H and O–H groups in total. The molecule has 2 aromatic carbocycles. The summed E-state index contributed by atoms with van der Waals surface area (Å²) in [5, 5.41) is 9.64. The maximum absolute atomic E-state index is 11.7. The second-order valence-corrected chi connectivity index (χ2v) is 9.09. The van der Waals surface area contributed by atoms with Gasteiger partial charge in [-0.3, -0.25) is 4.79 Å². The lowest BCUT2D eigenvalue weighted by molar-refractivity contribution is 0.0804. The molecule has 0 spiro atoms. The number of hydrogen-bond acceptors (Lipinski definition) is 3. The Hall–Kier alpha value is -3.02. The molecule has 166 valence electrons. The summed E-state index contributed by atoms with van der Waals surface area (Å²) < 4.78 is 5.82. The fourth-order valence-corrected chi connectivity index (χ4v) is 4.34. The summed E-state index contributed by atoms with van der Waals surface area (Å²) >= 11 is 0. The Morgan fingerprint density at radius 3 is 2.35 bits per heavy atom. The van der Waals surface area contributed by atoms with Gasteiger partial charge in [0.1, 0.15) is 12.4 Å². The molecule has 2 amide bonds. The highest BCUT2D eigenvalue weighted by atomic mass is 16.5. The highest BCUT2D eigenvalue weighted by Crippen LogP contribution is 2.37. The molecular weight excluding hydrogens is 392 g/mol. The molecule has 0 radical (unpaired) electrons. The molecule has 1 saturated carbocycles. The Morgan fingerprint density at radius 1 is 1.13 bits per heavy atom. The van der Waals surface area contributed by atoms with E-state index >= 15 is 0 Å². The van der Waals surface area contributed by atoms with Gasteiger partial charge in [-0.05, 0) is 72.9 Å². The van der Waals surface area contributed by atoms with Gasteiger partial charge in [0.2, 0.25) is 5.91 Å². The van der Waals surface area contributed by atoms with Crippen LogP contribution in [0.5, 0.6) is 5.75 Å². The fourth-order valence-electron chi connectivity index (χ4n) is 4.34. The van der Waals surface area contributed by atoms with Crippen LogP contribution in [0.1, 0.15) is 55.5 Å². The molecule has 0 saturated heterocycles. The number of rotatable bonds is 7. The summed E-state index contributed by atoms with van der Waals surface area (Å²) in [5.74, 6) is 0.242. The van der Waals surface area contributed by atoms with Crippen molar-refractivity contribution in [3.63, 3.8) is 0 Å². The van der Waals surface area contributed by atoms with Crippen molar-refractivity contribution in [3.8, 4) is 16.9 Å². The Bertz CT molecular complexity index is 927. The van der Waals surface area contributed by atoms with E-state index < -0.39 is 12.0 Å². The van der Waals surface area contributed by atoms with Crippen LogP contribution < -0.4 is 10.5 Å². The van der Waals surface area contributed by atoms with E-state index in [1.54, 1.807) is 6.07 Å². The van der Waals surface area contributed by atoms with E-state index in [0.29, 0.717) is 29.9 Å². The first-order chi connectivity index (χ1) is 14.7. The lowest BCUT2D eigenvalue weighted by Crippen LogP contribution is -2.44. The van der Waals surface area contributed by atoms with Crippen molar-refractivity contribution in [1.82, 2.24) is 4.90 Å². The number of primary amides is 1. The SMILES string of the molecule is Cc1c(C(N)=O)cccc1-c1ccc(OCCN(C(=O)O)C2CCC(C)(C)CC2)cc1. The summed E-state index contributed by atoms with van der Waals surface area (Å²) in [6.07, 6.45) is 3.00. The van der Waals surface area contributed by atoms with Gasteiger partial charge in [0.25, 0.3) is 0 Å². The van der Waals surface area contributed by atoms with Crippen LogP contribution in [0.2, 0.25) is 0 Å². The zero-order valence-electron chi connectivity index (χ0n) is 18.6. The summed E-state index contributed by atoms with van der Waals surface area (Å²) in [7, 11) is 0. The molecule has 0 atom stereocenters. The van der Waals surface area contributed by atoms with Crippen molar-refractivity contribution in [2.45, 2.75) is 52.5 Å². The minimum atomic E-state index is -0.881. The predicted octanol–water partition coefficient (Wildman–Crippen LogP) is 5.09. The van der Waals surface area contributed by atoms with Crippen molar-refractivity contribution in [2.75, 3.05) is 13.2 Å². The van der Waals surface area contributed by atoms with Crippen molar-refractivity contribution in [1.29, 1.82) is 0 Å². The van der Waals surface area contributed by atoms with Crippen molar-refractivity contribution in [3.05, 3.63) is 53.6 Å². The molecule has 0 bridgehead atoms. The van der Waals surface area contributed by atoms with E-state index in [9.17, 15) is 14.7 Å². The van der Waals surface area contributed by atoms with E-state index in [-0.39, 0.29) is 6.04 Å². The van der Waals surface area contributed by atoms with Crippen LogP contribution in [0.25, 0.3) is 11.1 Å². The molecule has 1 fully saturated rings. The van der Waals surface area contributed by atoms with E-state index in [2.05, 4.69) is 13.8 Å². The van der Waals surface area contributed by atoms with Crippen LogP contribution in [-0.2, 0) is 0 Å². The van der Waals surface area contributed by atoms with Gasteiger partial charge < -0.3 is 20.5 Å². The van der Waals surface area contributed by atoms with Crippen molar-refractivity contribution in [2.24, 2.45) is 11.1 Å². The van der Waals surface area contributed by atoms with E-state index in [1.807, 2.05) is 43.3 Å². The number of carboxylic acid groups (broad SMARTS) is 1. The number of amides is 2. The fraction of sp³-hybridized carbons (Fsp3) is 0.440. The van der Waals surface area contributed by atoms with Gasteiger partial charge >= 0.3 is 6.09 Å². The third kappa shape index (κ3) is 5.57. The Labute approximate surface area is 184 Å². The highest BCUT2D eigenvalue weighted by Gasteiger charge is 2.32. The molecule has 6 nitrogen and oxygen atoms in total. The minimum absolute atomic E-state index is 0.0667. The third-order valence-electron chi connectivity index (χ3n) is 6.36. The molecule has 1 aliphatic carbocycles. The van der Waals surface area contributed by atoms with Crippen LogP contribution in [0.4, 0.5) is 4.79 Å². The van der Waals surface area contributed by atoms with Crippen LogP contribution >= 0.6 is 0 Å². The lowest BCUT2D eigenvalue weighted by Gasteiger charge is -2.38. The zero-order valence-corrected chi connectivity index (χ0v) is 18.6. The van der Waals surface area contributed by atoms with E-state index in [0.717, 1.165) is 42.4 Å². The molecule has 0 aliphatic heterocycles. The van der Waals surface area contributed by atoms with E-state index in [1.165, 1.54) is 4.90 Å². The maximum Gasteiger partial charge on any atom is 0.407 e. The number of carbonyl (C=O) groups excluding carboxylic acids is 1. The monoisotopic (exact) mass is 424 g/mol. The number of nitrogens with zero attached hydrogens (tertiary/aromatic N) is 1. The molecule has 1 aliphatic rings. The van der Waals surface area contributed by atoms with Gasteiger partial charge in [-0.1, -0.05) is 38.1 Å². The van der Waals surface area contributed by atoms with E-state index in [4.69, 9.17) is 10.5 Å². The predicted molar refractivity (Wildman–Crippen MR) is 121 cm³/mol. The maximum atomic E-state index is 11.7. The summed E-state index contributed by atoms with van der Waals surface area (Å²) in [6, 6.07) is 13.1.